The van der Waals surface area contributed by atoms with Gasteiger partial charge in [-0.1, -0.05) is 61.8 Å². The second-order valence-corrected chi connectivity index (χ2v) is 11.1. The molecule has 2 aromatic rings. The van der Waals surface area contributed by atoms with Crippen molar-refractivity contribution in [3.05, 3.63) is 76.9 Å². The predicted octanol–water partition coefficient (Wildman–Crippen LogP) is 5.97. The third kappa shape index (κ3) is 5.96. The Hall–Kier alpha value is -3.06. The lowest BCUT2D eigenvalue weighted by atomic mass is 9.73. The van der Waals surface area contributed by atoms with Crippen LogP contribution in [0.2, 0.25) is 0 Å². The molecule has 0 saturated carbocycles. The molecule has 2 atom stereocenters. The van der Waals surface area contributed by atoms with E-state index in [2.05, 4.69) is 11.3 Å². The number of aryl methyl sites for hydroxylation is 1. The van der Waals surface area contributed by atoms with Gasteiger partial charge in [-0.15, -0.1) is 0 Å². The van der Waals surface area contributed by atoms with Gasteiger partial charge in [0.25, 0.3) is 15.9 Å². The normalized spacial score (nSPS) is 18.1. The molecule has 0 radical (unpaired) electrons. The van der Waals surface area contributed by atoms with Gasteiger partial charge in [-0.3, -0.25) is 4.79 Å². The summed E-state index contributed by atoms with van der Waals surface area (Å²) >= 11 is 0. The molecule has 35 heavy (non-hydrogen) atoms. The molecule has 1 aliphatic carbocycles. The monoisotopic (exact) mass is 497 g/mol. The summed E-state index contributed by atoms with van der Waals surface area (Å²) in [5, 5.41) is 22.4. The summed E-state index contributed by atoms with van der Waals surface area (Å²) in [4.78, 5) is 12.4. The van der Waals surface area contributed by atoms with Crippen molar-refractivity contribution in [2.24, 2.45) is 5.92 Å². The highest BCUT2D eigenvalue weighted by Gasteiger charge is 2.35. The van der Waals surface area contributed by atoms with E-state index in [0.29, 0.717) is 12.8 Å². The Morgan fingerprint density at radius 3 is 2.49 bits per heavy atom. The Labute approximate surface area is 208 Å². The van der Waals surface area contributed by atoms with E-state index in [1.807, 2.05) is 26.8 Å². The van der Waals surface area contributed by atoms with Crippen molar-refractivity contribution in [3.8, 4) is 11.5 Å². The second-order valence-electron chi connectivity index (χ2n) is 9.43. The Kier molecular flexibility index (Phi) is 8.43. The molecule has 0 bridgehead atoms. The van der Waals surface area contributed by atoms with Crippen LogP contribution in [0.4, 0.5) is 0 Å². The Morgan fingerprint density at radius 2 is 1.86 bits per heavy atom. The van der Waals surface area contributed by atoms with Crippen molar-refractivity contribution in [2.75, 3.05) is 0 Å². The highest BCUT2D eigenvalue weighted by Crippen LogP contribution is 2.49. The summed E-state index contributed by atoms with van der Waals surface area (Å²) in [5.41, 5.74) is 2.62. The third-order valence-electron chi connectivity index (χ3n) is 6.64. The Bertz CT molecular complexity index is 1230. The highest BCUT2D eigenvalue weighted by atomic mass is 32.2. The molecule has 3 N–H and O–H groups in total. The van der Waals surface area contributed by atoms with Crippen LogP contribution in [-0.4, -0.2) is 24.5 Å². The average molecular weight is 498 g/mol. The van der Waals surface area contributed by atoms with E-state index in [4.69, 9.17) is 0 Å². The minimum atomic E-state index is -4.44. The molecule has 2 aromatic carbocycles. The van der Waals surface area contributed by atoms with Crippen LogP contribution in [0.3, 0.4) is 0 Å². The largest absolute Gasteiger partial charge is 0.507 e. The van der Waals surface area contributed by atoms with Gasteiger partial charge in [-0.25, -0.2) is 13.1 Å². The number of amides is 1. The summed E-state index contributed by atoms with van der Waals surface area (Å²) in [5.74, 6) is -1.93. The Morgan fingerprint density at radius 1 is 1.17 bits per heavy atom. The van der Waals surface area contributed by atoms with Gasteiger partial charge in [0.15, 0.2) is 0 Å². The van der Waals surface area contributed by atoms with Crippen LogP contribution in [0.15, 0.2) is 65.1 Å². The van der Waals surface area contributed by atoms with E-state index in [9.17, 15) is 23.4 Å². The first-order valence-electron chi connectivity index (χ1n) is 12.1. The number of unbranched alkanes of at least 4 members (excludes halogenated alkanes) is 2. The van der Waals surface area contributed by atoms with Crippen LogP contribution < -0.4 is 4.72 Å². The van der Waals surface area contributed by atoms with Crippen LogP contribution in [0.1, 0.15) is 80.3 Å². The number of hydrogen-bond donors (Lipinski definition) is 3. The fraction of sp³-hybridized carbons (Fsp3) is 0.393. The topological polar surface area (TPSA) is 104 Å². The van der Waals surface area contributed by atoms with Crippen LogP contribution in [-0.2, 0) is 16.4 Å². The van der Waals surface area contributed by atoms with E-state index >= 15 is 0 Å². The number of nitrogens with one attached hydrogen (secondary N) is 1. The lowest BCUT2D eigenvalue weighted by Gasteiger charge is -2.32. The van der Waals surface area contributed by atoms with Crippen LogP contribution >= 0.6 is 0 Å². The molecule has 2 unspecified atom stereocenters. The minimum absolute atomic E-state index is 0.0593. The number of allylic oxidation sites excluding steroid dienone is 3. The van der Waals surface area contributed by atoms with E-state index in [-0.39, 0.29) is 33.3 Å². The molecule has 0 saturated heterocycles. The SMILES string of the molecule is C=C(C)C1CCC(C)=CC1c1c(O)cc(CCCCC)c(S(=O)(=O)NC(=O)c2ccccc2)c1O. The lowest BCUT2D eigenvalue weighted by Crippen LogP contribution is -2.31. The zero-order valence-corrected chi connectivity index (χ0v) is 21.5. The maximum absolute atomic E-state index is 13.5. The van der Waals surface area contributed by atoms with Gasteiger partial charge in [-0.05, 0) is 69.2 Å². The average Bonchev–Trinajstić information content (AvgIpc) is 2.79. The smallest absolute Gasteiger partial charge is 0.268 e. The highest BCUT2D eigenvalue weighted by molar-refractivity contribution is 7.90. The van der Waals surface area contributed by atoms with Crippen molar-refractivity contribution in [1.29, 1.82) is 0 Å². The molecule has 0 aromatic heterocycles. The fourth-order valence-electron chi connectivity index (χ4n) is 4.81. The number of phenolic OH excluding ortho intramolecular Hbond substituents is 2. The summed E-state index contributed by atoms with van der Waals surface area (Å²) in [6.45, 7) is 9.99. The number of carbonyl (C=O) groups is 1. The van der Waals surface area contributed by atoms with E-state index in [1.54, 1.807) is 18.2 Å². The number of phenols is 2. The van der Waals surface area contributed by atoms with Crippen LogP contribution in [0, 0.1) is 5.92 Å². The molecule has 6 nitrogen and oxygen atoms in total. The number of benzene rings is 2. The van der Waals surface area contributed by atoms with Crippen molar-refractivity contribution < 1.29 is 23.4 Å². The standard InChI is InChI=1S/C28H35NO5S/c1-5-6-8-13-21-17-24(30)25(23-16-19(4)14-15-22(23)18(2)3)26(31)27(21)35(33,34)29-28(32)20-11-9-7-10-12-20/h7,9-12,16-17,22-23,30-31H,2,5-6,8,13-15H2,1,3-4H3,(H,29,32). The number of hydrogen-bond acceptors (Lipinski definition) is 5. The number of aromatic hydroxyl groups is 2. The molecular weight excluding hydrogens is 462 g/mol. The molecule has 0 spiro atoms. The predicted molar refractivity (Wildman–Crippen MR) is 138 cm³/mol. The van der Waals surface area contributed by atoms with Gasteiger partial charge in [0, 0.05) is 17.0 Å². The van der Waals surface area contributed by atoms with Gasteiger partial charge in [0.2, 0.25) is 0 Å². The van der Waals surface area contributed by atoms with Crippen molar-refractivity contribution >= 4 is 15.9 Å². The van der Waals surface area contributed by atoms with Crippen molar-refractivity contribution in [1.82, 2.24) is 4.72 Å². The molecule has 0 heterocycles. The van der Waals surface area contributed by atoms with Crippen molar-refractivity contribution in [2.45, 2.75) is 70.1 Å². The van der Waals surface area contributed by atoms with Crippen LogP contribution in [0.25, 0.3) is 0 Å². The molecule has 0 aliphatic heterocycles. The zero-order chi connectivity index (χ0) is 25.8. The molecule has 1 aliphatic rings. The van der Waals surface area contributed by atoms with Crippen LogP contribution in [0.5, 0.6) is 11.5 Å². The Balaban J connectivity index is 2.16. The number of sulfonamides is 1. The molecule has 7 heteroatoms. The molecule has 1 amide bonds. The van der Waals surface area contributed by atoms with E-state index in [1.165, 1.54) is 18.2 Å². The molecule has 188 valence electrons. The summed E-state index contributed by atoms with van der Waals surface area (Å²) < 4.78 is 29.1. The van der Waals surface area contributed by atoms with E-state index in [0.717, 1.165) is 36.8 Å². The lowest BCUT2D eigenvalue weighted by molar-refractivity contribution is 0.0981. The fourth-order valence-corrected chi connectivity index (χ4v) is 6.15. The van der Waals surface area contributed by atoms with Crippen molar-refractivity contribution in [3.63, 3.8) is 0 Å². The minimum Gasteiger partial charge on any atom is -0.507 e. The zero-order valence-electron chi connectivity index (χ0n) is 20.7. The summed E-state index contributed by atoms with van der Waals surface area (Å²) in [6.07, 6.45) is 6.43. The maximum atomic E-state index is 13.5. The van der Waals surface area contributed by atoms with Gasteiger partial charge in [0.1, 0.15) is 16.4 Å². The maximum Gasteiger partial charge on any atom is 0.268 e. The number of carbonyl (C=O) groups excluding carboxylic acids is 1. The third-order valence-corrected chi connectivity index (χ3v) is 8.09. The van der Waals surface area contributed by atoms with Gasteiger partial charge >= 0.3 is 0 Å². The second kappa shape index (κ2) is 11.1. The van der Waals surface area contributed by atoms with Gasteiger partial charge in [0.05, 0.1) is 0 Å². The van der Waals surface area contributed by atoms with Gasteiger partial charge in [-0.2, -0.15) is 0 Å². The summed E-state index contributed by atoms with van der Waals surface area (Å²) in [6, 6.07) is 9.48. The molecule has 0 fully saturated rings. The van der Waals surface area contributed by atoms with E-state index < -0.39 is 27.6 Å². The summed E-state index contributed by atoms with van der Waals surface area (Å²) in [7, 11) is -4.44. The quantitative estimate of drug-likeness (QED) is 0.293. The molecule has 3 rings (SSSR count). The number of rotatable bonds is 9. The first-order valence-corrected chi connectivity index (χ1v) is 13.6. The molecular formula is C28H35NO5S. The first-order chi connectivity index (χ1) is 16.6. The van der Waals surface area contributed by atoms with Gasteiger partial charge < -0.3 is 10.2 Å². The first kappa shape index (κ1) is 26.5.